The summed E-state index contributed by atoms with van der Waals surface area (Å²) in [4.78, 5) is 7.96. The van der Waals surface area contributed by atoms with Gasteiger partial charge < -0.3 is 15.0 Å². The minimum Gasteiger partial charge on any atom is -0.489 e. The van der Waals surface area contributed by atoms with Crippen LogP contribution in [-0.2, 0) is 19.6 Å². The molecule has 0 spiro atoms. The highest BCUT2D eigenvalue weighted by Crippen LogP contribution is 2.24. The van der Waals surface area contributed by atoms with E-state index in [9.17, 15) is 0 Å². The number of nitrogens with zero attached hydrogens (tertiary/aromatic N) is 1. The average molecular weight is 426 g/mol. The molecule has 0 aliphatic rings. The monoisotopic (exact) mass is 425 g/mol. The molecule has 148 valence electrons. The van der Waals surface area contributed by atoms with Crippen LogP contribution < -0.4 is 10.1 Å². The minimum absolute atomic E-state index is 0.453. The fourth-order valence-corrected chi connectivity index (χ4v) is 3.58. The SMILES string of the molecule is Clc1cccc(COc2ccc(Cl)cc2CNCCc2nc3ccccc3[nH]2)c1. The van der Waals surface area contributed by atoms with E-state index in [4.69, 9.17) is 27.9 Å². The fraction of sp³-hybridized carbons (Fsp3) is 0.174. The molecule has 1 aromatic heterocycles. The molecule has 2 N–H and O–H groups in total. The Balaban J connectivity index is 1.34. The van der Waals surface area contributed by atoms with Gasteiger partial charge in [-0.05, 0) is 48.0 Å². The number of halogens is 2. The zero-order valence-electron chi connectivity index (χ0n) is 15.8. The zero-order chi connectivity index (χ0) is 20.1. The number of hydrogen-bond donors (Lipinski definition) is 2. The van der Waals surface area contributed by atoms with Crippen LogP contribution in [0.15, 0.2) is 66.7 Å². The van der Waals surface area contributed by atoms with E-state index in [1.54, 1.807) is 0 Å². The fourth-order valence-electron chi connectivity index (χ4n) is 3.17. The van der Waals surface area contributed by atoms with Gasteiger partial charge in [-0.15, -0.1) is 0 Å². The molecule has 0 fully saturated rings. The van der Waals surface area contributed by atoms with E-state index in [1.165, 1.54) is 0 Å². The van der Waals surface area contributed by atoms with Crippen LogP contribution in [0.1, 0.15) is 17.0 Å². The number of para-hydroxylation sites is 2. The standard InChI is InChI=1S/C23H21Cl2N3O/c24-18-5-3-4-16(12-18)15-29-22-9-8-19(25)13-17(22)14-26-11-10-23-27-20-6-1-2-7-21(20)28-23/h1-9,12-13,26H,10-11,14-15H2,(H,27,28). The minimum atomic E-state index is 0.453. The Bertz CT molecular complexity index is 1080. The molecule has 0 radical (unpaired) electrons. The Morgan fingerprint density at radius 1 is 0.931 bits per heavy atom. The third kappa shape index (κ3) is 5.30. The number of rotatable bonds is 8. The van der Waals surface area contributed by atoms with Crippen LogP contribution in [0.4, 0.5) is 0 Å². The van der Waals surface area contributed by atoms with Gasteiger partial charge in [-0.3, -0.25) is 0 Å². The molecule has 0 amide bonds. The number of imidazole rings is 1. The molecule has 0 saturated carbocycles. The van der Waals surface area contributed by atoms with Crippen molar-refractivity contribution >= 4 is 34.2 Å². The maximum absolute atomic E-state index is 6.19. The first-order valence-corrected chi connectivity index (χ1v) is 10.2. The molecule has 1 heterocycles. The summed E-state index contributed by atoms with van der Waals surface area (Å²) in [6, 6.07) is 21.4. The maximum atomic E-state index is 6.19. The first-order chi connectivity index (χ1) is 14.2. The molecule has 4 aromatic rings. The van der Waals surface area contributed by atoms with Crippen molar-refractivity contribution in [1.29, 1.82) is 0 Å². The van der Waals surface area contributed by atoms with E-state index >= 15 is 0 Å². The van der Waals surface area contributed by atoms with E-state index in [-0.39, 0.29) is 0 Å². The number of nitrogens with one attached hydrogen (secondary N) is 2. The third-order valence-corrected chi connectivity index (χ3v) is 5.07. The number of ether oxygens (including phenoxy) is 1. The third-order valence-electron chi connectivity index (χ3n) is 4.60. The smallest absolute Gasteiger partial charge is 0.124 e. The molecule has 0 aliphatic carbocycles. The molecular formula is C23H21Cl2N3O. The van der Waals surface area contributed by atoms with Gasteiger partial charge >= 0.3 is 0 Å². The van der Waals surface area contributed by atoms with E-state index in [0.29, 0.717) is 23.2 Å². The van der Waals surface area contributed by atoms with Crippen LogP contribution in [0.5, 0.6) is 5.75 Å². The summed E-state index contributed by atoms with van der Waals surface area (Å²) in [7, 11) is 0. The lowest BCUT2D eigenvalue weighted by Crippen LogP contribution is -2.17. The molecule has 0 unspecified atom stereocenters. The number of H-pyrrole nitrogens is 1. The lowest BCUT2D eigenvalue weighted by Gasteiger charge is -2.13. The normalized spacial score (nSPS) is 11.1. The van der Waals surface area contributed by atoms with Gasteiger partial charge in [0.25, 0.3) is 0 Å². The first-order valence-electron chi connectivity index (χ1n) is 9.47. The van der Waals surface area contributed by atoms with Crippen LogP contribution in [0.2, 0.25) is 10.0 Å². The van der Waals surface area contributed by atoms with Gasteiger partial charge in [0.2, 0.25) is 0 Å². The molecule has 0 atom stereocenters. The Morgan fingerprint density at radius 2 is 1.79 bits per heavy atom. The predicted molar refractivity (Wildman–Crippen MR) is 119 cm³/mol. The summed E-state index contributed by atoms with van der Waals surface area (Å²) in [5.41, 5.74) is 4.10. The quantitative estimate of drug-likeness (QED) is 0.351. The summed E-state index contributed by atoms with van der Waals surface area (Å²) >= 11 is 12.2. The van der Waals surface area contributed by atoms with Crippen LogP contribution >= 0.6 is 23.2 Å². The molecule has 0 aliphatic heterocycles. The number of aromatic nitrogens is 2. The molecule has 0 saturated heterocycles. The number of aromatic amines is 1. The molecule has 29 heavy (non-hydrogen) atoms. The Labute approximate surface area is 179 Å². The van der Waals surface area contributed by atoms with E-state index < -0.39 is 0 Å². The van der Waals surface area contributed by atoms with Gasteiger partial charge in [0.15, 0.2) is 0 Å². The van der Waals surface area contributed by atoms with Crippen LogP contribution in [0, 0.1) is 0 Å². The van der Waals surface area contributed by atoms with Crippen molar-refractivity contribution in [2.24, 2.45) is 0 Å². The second-order valence-electron chi connectivity index (χ2n) is 6.80. The van der Waals surface area contributed by atoms with Gasteiger partial charge in [0.1, 0.15) is 18.2 Å². The van der Waals surface area contributed by atoms with Crippen LogP contribution in [-0.4, -0.2) is 16.5 Å². The Kier molecular flexibility index (Phi) is 6.35. The lowest BCUT2D eigenvalue weighted by atomic mass is 10.2. The molecule has 6 heteroatoms. The predicted octanol–water partition coefficient (Wildman–Crippen LogP) is 5.78. The molecular weight excluding hydrogens is 405 g/mol. The maximum Gasteiger partial charge on any atom is 0.124 e. The average Bonchev–Trinajstić information content (AvgIpc) is 3.13. The van der Waals surface area contributed by atoms with Crippen LogP contribution in [0.25, 0.3) is 11.0 Å². The molecule has 4 nitrogen and oxygen atoms in total. The summed E-state index contributed by atoms with van der Waals surface area (Å²) in [6.07, 6.45) is 0.813. The Hall–Kier alpha value is -2.53. The molecule has 0 bridgehead atoms. The molecule has 3 aromatic carbocycles. The zero-order valence-corrected chi connectivity index (χ0v) is 17.3. The largest absolute Gasteiger partial charge is 0.489 e. The van der Waals surface area contributed by atoms with Crippen molar-refractivity contribution in [3.05, 3.63) is 93.7 Å². The number of benzene rings is 3. The van der Waals surface area contributed by atoms with Crippen molar-refractivity contribution in [2.45, 2.75) is 19.6 Å². The Morgan fingerprint density at radius 3 is 2.66 bits per heavy atom. The first kappa shape index (κ1) is 19.8. The summed E-state index contributed by atoms with van der Waals surface area (Å²) in [5, 5.41) is 4.84. The second-order valence-corrected chi connectivity index (χ2v) is 7.67. The van der Waals surface area contributed by atoms with E-state index in [1.807, 2.05) is 66.7 Å². The van der Waals surface area contributed by atoms with Crippen molar-refractivity contribution < 1.29 is 4.74 Å². The highest BCUT2D eigenvalue weighted by Gasteiger charge is 2.07. The topological polar surface area (TPSA) is 49.9 Å². The lowest BCUT2D eigenvalue weighted by molar-refractivity contribution is 0.302. The second kappa shape index (κ2) is 9.31. The molecule has 4 rings (SSSR count). The van der Waals surface area contributed by atoms with Gasteiger partial charge in [-0.25, -0.2) is 4.98 Å². The van der Waals surface area contributed by atoms with Gasteiger partial charge in [0, 0.05) is 35.1 Å². The van der Waals surface area contributed by atoms with Crippen molar-refractivity contribution in [1.82, 2.24) is 15.3 Å². The van der Waals surface area contributed by atoms with Gasteiger partial charge in [0.05, 0.1) is 11.0 Å². The van der Waals surface area contributed by atoms with Gasteiger partial charge in [-0.2, -0.15) is 0 Å². The van der Waals surface area contributed by atoms with E-state index in [2.05, 4.69) is 15.3 Å². The highest BCUT2D eigenvalue weighted by atomic mass is 35.5. The summed E-state index contributed by atoms with van der Waals surface area (Å²) in [6.45, 7) is 1.90. The van der Waals surface area contributed by atoms with Gasteiger partial charge in [-0.1, -0.05) is 47.5 Å². The van der Waals surface area contributed by atoms with Crippen molar-refractivity contribution in [3.63, 3.8) is 0 Å². The summed E-state index contributed by atoms with van der Waals surface area (Å²) < 4.78 is 6.01. The summed E-state index contributed by atoms with van der Waals surface area (Å²) in [5.74, 6) is 1.79. The van der Waals surface area contributed by atoms with Crippen molar-refractivity contribution in [3.8, 4) is 5.75 Å². The van der Waals surface area contributed by atoms with Crippen LogP contribution in [0.3, 0.4) is 0 Å². The van der Waals surface area contributed by atoms with E-state index in [0.717, 1.165) is 46.7 Å². The number of hydrogen-bond acceptors (Lipinski definition) is 3. The highest BCUT2D eigenvalue weighted by molar-refractivity contribution is 6.30. The van der Waals surface area contributed by atoms with Crippen molar-refractivity contribution in [2.75, 3.05) is 6.54 Å². The number of fused-ring (bicyclic) bond motifs is 1.